The Balaban J connectivity index is 1.82. The van der Waals surface area contributed by atoms with E-state index >= 15 is 0 Å². The van der Waals surface area contributed by atoms with E-state index in [1.54, 1.807) is 31.2 Å². The summed E-state index contributed by atoms with van der Waals surface area (Å²) in [5.74, 6) is -0.519. The van der Waals surface area contributed by atoms with Crippen molar-refractivity contribution in [3.63, 3.8) is 0 Å². The molecule has 180 valence electrons. The molecule has 0 aromatic heterocycles. The van der Waals surface area contributed by atoms with Gasteiger partial charge in [0.15, 0.2) is 21.9 Å². The highest BCUT2D eigenvalue weighted by atomic mass is 32.2. The number of amides is 1. The number of carboxylic acid groups (broad SMARTS) is 1. The van der Waals surface area contributed by atoms with Gasteiger partial charge in [-0.25, -0.2) is 4.79 Å². The van der Waals surface area contributed by atoms with Gasteiger partial charge < -0.3 is 19.5 Å². The van der Waals surface area contributed by atoms with Gasteiger partial charge in [-0.05, 0) is 68.3 Å². The van der Waals surface area contributed by atoms with Gasteiger partial charge in [-0.1, -0.05) is 37.0 Å². The number of methoxy groups -OCH3 is 1. The van der Waals surface area contributed by atoms with Gasteiger partial charge in [-0.3, -0.25) is 9.69 Å². The summed E-state index contributed by atoms with van der Waals surface area (Å²) in [6, 6.07) is 12.9. The molecule has 3 rings (SSSR count). The van der Waals surface area contributed by atoms with Crippen LogP contribution in [0.2, 0.25) is 0 Å². The molecular weight excluding hydrogens is 472 g/mol. The van der Waals surface area contributed by atoms with E-state index in [2.05, 4.69) is 18.7 Å². The second kappa shape index (κ2) is 11.4. The number of nitrogens with zero attached hydrogens (tertiary/aromatic N) is 2. The van der Waals surface area contributed by atoms with E-state index in [0.29, 0.717) is 32.7 Å². The summed E-state index contributed by atoms with van der Waals surface area (Å²) in [4.78, 5) is 28.7. The second-order valence-corrected chi connectivity index (χ2v) is 9.14. The number of ether oxygens (including phenoxy) is 2. The maximum Gasteiger partial charge on any atom is 0.344 e. The Morgan fingerprint density at radius 3 is 2.38 bits per heavy atom. The molecule has 1 atom stereocenters. The molecule has 2 aromatic carbocycles. The van der Waals surface area contributed by atoms with Gasteiger partial charge in [0, 0.05) is 18.8 Å². The Morgan fingerprint density at radius 1 is 1.15 bits per heavy atom. The summed E-state index contributed by atoms with van der Waals surface area (Å²) in [5, 5.41) is 9.25. The summed E-state index contributed by atoms with van der Waals surface area (Å²) in [7, 11) is 1.48. The first-order chi connectivity index (χ1) is 16.3. The van der Waals surface area contributed by atoms with Crippen molar-refractivity contribution in [2.75, 3.05) is 30.0 Å². The quantitative estimate of drug-likeness (QED) is 0.353. The lowest BCUT2D eigenvalue weighted by Gasteiger charge is -2.22. The number of carbonyl (C=O) groups excluding carboxylic acids is 1. The molecule has 0 bridgehead atoms. The Bertz CT molecular complexity index is 1100. The fourth-order valence-electron chi connectivity index (χ4n) is 3.58. The van der Waals surface area contributed by atoms with Gasteiger partial charge in [0.25, 0.3) is 5.91 Å². The molecule has 0 radical (unpaired) electrons. The minimum Gasteiger partial charge on any atom is -0.493 e. The summed E-state index contributed by atoms with van der Waals surface area (Å²) >= 11 is 6.73. The third-order valence-corrected chi connectivity index (χ3v) is 6.73. The van der Waals surface area contributed by atoms with Crippen LogP contribution in [0.25, 0.3) is 6.08 Å². The molecule has 0 spiro atoms. The molecule has 0 aliphatic carbocycles. The van der Waals surface area contributed by atoms with Crippen LogP contribution < -0.4 is 19.3 Å². The van der Waals surface area contributed by atoms with Crippen molar-refractivity contribution >= 4 is 57.6 Å². The zero-order valence-corrected chi connectivity index (χ0v) is 21.2. The highest BCUT2D eigenvalue weighted by Crippen LogP contribution is 2.38. The molecule has 1 aliphatic rings. The molecule has 1 heterocycles. The van der Waals surface area contributed by atoms with Crippen LogP contribution >= 0.6 is 24.0 Å². The first kappa shape index (κ1) is 25.6. The van der Waals surface area contributed by atoms with Crippen LogP contribution in [0.4, 0.5) is 11.4 Å². The largest absolute Gasteiger partial charge is 0.493 e. The number of benzene rings is 2. The van der Waals surface area contributed by atoms with Crippen LogP contribution in [0.5, 0.6) is 11.5 Å². The van der Waals surface area contributed by atoms with Crippen molar-refractivity contribution in [3.8, 4) is 11.5 Å². The minimum atomic E-state index is -1.04. The molecule has 1 aliphatic heterocycles. The van der Waals surface area contributed by atoms with Gasteiger partial charge in [-0.15, -0.1) is 0 Å². The molecular formula is C25H28N2O5S2. The maximum absolute atomic E-state index is 13.2. The van der Waals surface area contributed by atoms with Gasteiger partial charge >= 0.3 is 5.97 Å². The summed E-state index contributed by atoms with van der Waals surface area (Å²) in [6.45, 7) is 7.75. The van der Waals surface area contributed by atoms with Gasteiger partial charge in [0.05, 0.1) is 17.7 Å². The number of thiocarbonyl (C=S) groups is 1. The van der Waals surface area contributed by atoms with Crippen molar-refractivity contribution in [2.24, 2.45) is 0 Å². The standard InChI is InChI=1S/C25H28N2O5S2/c1-5-19(24(29)30)32-20-13-8-16(14-21(20)31-4)15-22-23(28)27(25(33)34-22)18-11-9-17(10-12-18)26(6-2)7-3/h8-15,19H,5-7H2,1-4H3,(H,29,30)/b22-15+. The third-order valence-electron chi connectivity index (χ3n) is 5.43. The molecule has 0 saturated carbocycles. The van der Waals surface area contributed by atoms with E-state index in [4.69, 9.17) is 21.7 Å². The highest BCUT2D eigenvalue weighted by Gasteiger charge is 2.33. The maximum atomic E-state index is 13.2. The SMILES string of the molecule is CCC(Oc1ccc(/C=C2/SC(=S)N(c3ccc(N(CC)CC)cc3)C2=O)cc1OC)C(=O)O. The minimum absolute atomic E-state index is 0.193. The smallest absolute Gasteiger partial charge is 0.344 e. The Hall–Kier alpha value is -3.04. The van der Waals surface area contributed by atoms with E-state index in [-0.39, 0.29) is 5.91 Å². The summed E-state index contributed by atoms with van der Waals surface area (Å²) in [6.07, 6.45) is 1.09. The number of carbonyl (C=O) groups is 2. The molecule has 1 saturated heterocycles. The number of aliphatic carboxylic acids is 1. The van der Waals surface area contributed by atoms with Crippen molar-refractivity contribution in [3.05, 3.63) is 52.9 Å². The number of rotatable bonds is 10. The lowest BCUT2D eigenvalue weighted by molar-refractivity contribution is -0.145. The molecule has 1 unspecified atom stereocenters. The number of hydrogen-bond donors (Lipinski definition) is 1. The lowest BCUT2D eigenvalue weighted by Crippen LogP contribution is -2.27. The van der Waals surface area contributed by atoms with Gasteiger partial charge in [0.1, 0.15) is 0 Å². The van der Waals surface area contributed by atoms with Gasteiger partial charge in [-0.2, -0.15) is 0 Å². The van der Waals surface area contributed by atoms with E-state index in [1.165, 1.54) is 23.8 Å². The average Bonchev–Trinajstić information content (AvgIpc) is 3.11. The highest BCUT2D eigenvalue weighted by molar-refractivity contribution is 8.27. The van der Waals surface area contributed by atoms with E-state index in [0.717, 1.165) is 24.5 Å². The Morgan fingerprint density at radius 2 is 1.82 bits per heavy atom. The fourth-order valence-corrected chi connectivity index (χ4v) is 4.87. The topological polar surface area (TPSA) is 79.3 Å². The molecule has 9 heteroatoms. The van der Waals surface area contributed by atoms with Crippen LogP contribution in [-0.2, 0) is 9.59 Å². The molecule has 2 aromatic rings. The van der Waals surface area contributed by atoms with E-state index in [1.807, 2.05) is 24.3 Å². The zero-order valence-electron chi connectivity index (χ0n) is 19.6. The number of thioether (sulfide) groups is 1. The van der Waals surface area contributed by atoms with Crippen molar-refractivity contribution in [2.45, 2.75) is 33.3 Å². The van der Waals surface area contributed by atoms with E-state index in [9.17, 15) is 14.7 Å². The summed E-state index contributed by atoms with van der Waals surface area (Å²) < 4.78 is 11.4. The predicted molar refractivity (Wildman–Crippen MR) is 141 cm³/mol. The van der Waals surface area contributed by atoms with Crippen LogP contribution in [0, 0.1) is 0 Å². The van der Waals surface area contributed by atoms with Crippen molar-refractivity contribution in [1.29, 1.82) is 0 Å². The number of carboxylic acids is 1. The first-order valence-corrected chi connectivity index (χ1v) is 12.3. The third kappa shape index (κ3) is 5.53. The van der Waals surface area contributed by atoms with Crippen LogP contribution in [0.1, 0.15) is 32.8 Å². The predicted octanol–water partition coefficient (Wildman–Crippen LogP) is 5.19. The average molecular weight is 501 g/mol. The molecule has 7 nitrogen and oxygen atoms in total. The monoisotopic (exact) mass is 500 g/mol. The normalized spacial score (nSPS) is 15.5. The zero-order chi connectivity index (χ0) is 24.8. The van der Waals surface area contributed by atoms with Crippen LogP contribution in [-0.4, -0.2) is 47.6 Å². The van der Waals surface area contributed by atoms with Gasteiger partial charge in [0.2, 0.25) is 0 Å². The Kier molecular flexibility index (Phi) is 8.57. The fraction of sp³-hybridized carbons (Fsp3) is 0.320. The number of anilines is 2. The van der Waals surface area contributed by atoms with Crippen LogP contribution in [0.3, 0.4) is 0 Å². The molecule has 1 N–H and O–H groups in total. The molecule has 1 fully saturated rings. The lowest BCUT2D eigenvalue weighted by atomic mass is 10.1. The molecule has 1 amide bonds. The summed E-state index contributed by atoms with van der Waals surface area (Å²) in [5.41, 5.74) is 2.53. The Labute approximate surface area is 209 Å². The van der Waals surface area contributed by atoms with E-state index < -0.39 is 12.1 Å². The second-order valence-electron chi connectivity index (χ2n) is 7.47. The molecule has 34 heavy (non-hydrogen) atoms. The van der Waals surface area contributed by atoms with Crippen molar-refractivity contribution < 1.29 is 24.2 Å². The first-order valence-electron chi connectivity index (χ1n) is 11.0. The van der Waals surface area contributed by atoms with Crippen molar-refractivity contribution in [1.82, 2.24) is 0 Å². The van der Waals surface area contributed by atoms with Crippen LogP contribution in [0.15, 0.2) is 47.4 Å². The number of hydrogen-bond acceptors (Lipinski definition) is 7.